The van der Waals surface area contributed by atoms with Gasteiger partial charge in [-0.05, 0) is 18.2 Å². The number of benzene rings is 1. The molecule has 3 N–H and O–H groups in total. The van der Waals surface area contributed by atoms with E-state index in [2.05, 4.69) is 15.0 Å². The SMILES string of the molecule is Nc1ccc(NC(=O)c2ccon2)cc1C(F)(F)F. The molecule has 0 saturated carbocycles. The lowest BCUT2D eigenvalue weighted by Gasteiger charge is -2.12. The van der Waals surface area contributed by atoms with E-state index >= 15 is 0 Å². The third-order valence-electron chi connectivity index (χ3n) is 2.29. The number of alkyl halides is 3. The molecule has 1 aromatic carbocycles. The van der Waals surface area contributed by atoms with Crippen LogP contribution in [0.5, 0.6) is 0 Å². The molecule has 0 radical (unpaired) electrons. The van der Waals surface area contributed by atoms with Crippen LogP contribution >= 0.6 is 0 Å². The third-order valence-corrected chi connectivity index (χ3v) is 2.29. The first-order valence-corrected chi connectivity index (χ1v) is 5.06. The highest BCUT2D eigenvalue weighted by Crippen LogP contribution is 2.35. The minimum Gasteiger partial charge on any atom is -0.398 e. The van der Waals surface area contributed by atoms with Gasteiger partial charge < -0.3 is 15.6 Å². The molecule has 100 valence electrons. The molecule has 0 aliphatic carbocycles. The number of nitrogens with zero attached hydrogens (tertiary/aromatic N) is 1. The van der Waals surface area contributed by atoms with Crippen LogP contribution in [0.4, 0.5) is 24.5 Å². The first kappa shape index (κ1) is 12.9. The second-order valence-electron chi connectivity index (χ2n) is 3.64. The summed E-state index contributed by atoms with van der Waals surface area (Å²) < 4.78 is 42.3. The number of halogens is 3. The van der Waals surface area contributed by atoms with E-state index in [1.54, 1.807) is 0 Å². The molecule has 2 aromatic rings. The molecule has 2 rings (SSSR count). The zero-order valence-corrected chi connectivity index (χ0v) is 9.36. The molecule has 1 aromatic heterocycles. The van der Waals surface area contributed by atoms with E-state index in [9.17, 15) is 18.0 Å². The Morgan fingerprint density at radius 1 is 1.32 bits per heavy atom. The molecule has 0 saturated heterocycles. The number of rotatable bonds is 2. The average molecular weight is 271 g/mol. The molecule has 8 heteroatoms. The number of carbonyl (C=O) groups is 1. The maximum atomic E-state index is 12.6. The van der Waals surface area contributed by atoms with Crippen molar-refractivity contribution in [3.05, 3.63) is 41.8 Å². The van der Waals surface area contributed by atoms with Gasteiger partial charge in [0.25, 0.3) is 5.91 Å². The molecular formula is C11H8F3N3O2. The lowest BCUT2D eigenvalue weighted by Crippen LogP contribution is -2.14. The minimum absolute atomic E-state index is 0.0328. The molecule has 1 heterocycles. The Balaban J connectivity index is 2.25. The molecule has 19 heavy (non-hydrogen) atoms. The van der Waals surface area contributed by atoms with Gasteiger partial charge in [0.05, 0.1) is 5.56 Å². The van der Waals surface area contributed by atoms with Gasteiger partial charge in [0.2, 0.25) is 0 Å². The number of hydrogen-bond donors (Lipinski definition) is 2. The molecule has 0 fully saturated rings. The van der Waals surface area contributed by atoms with Gasteiger partial charge in [-0.15, -0.1) is 0 Å². The summed E-state index contributed by atoms with van der Waals surface area (Å²) in [7, 11) is 0. The lowest BCUT2D eigenvalue weighted by molar-refractivity contribution is -0.136. The van der Waals surface area contributed by atoms with Crippen molar-refractivity contribution >= 4 is 17.3 Å². The highest BCUT2D eigenvalue weighted by atomic mass is 19.4. The van der Waals surface area contributed by atoms with E-state index < -0.39 is 23.3 Å². The maximum absolute atomic E-state index is 12.6. The average Bonchev–Trinajstić information content (AvgIpc) is 2.83. The topological polar surface area (TPSA) is 81.1 Å². The number of aromatic nitrogens is 1. The monoisotopic (exact) mass is 271 g/mol. The molecule has 5 nitrogen and oxygen atoms in total. The number of amides is 1. The summed E-state index contributed by atoms with van der Waals surface area (Å²) in [5.41, 5.74) is 3.75. The highest BCUT2D eigenvalue weighted by molar-refractivity contribution is 6.02. The predicted octanol–water partition coefficient (Wildman–Crippen LogP) is 2.53. The van der Waals surface area contributed by atoms with Crippen LogP contribution in [0.25, 0.3) is 0 Å². The molecule has 0 atom stereocenters. The van der Waals surface area contributed by atoms with Crippen LogP contribution in [0.1, 0.15) is 16.1 Å². The van der Waals surface area contributed by atoms with Crippen LogP contribution in [0.3, 0.4) is 0 Å². The predicted molar refractivity (Wildman–Crippen MR) is 60.3 cm³/mol. The maximum Gasteiger partial charge on any atom is 0.418 e. The Kier molecular flexibility index (Phi) is 3.16. The summed E-state index contributed by atoms with van der Waals surface area (Å²) in [6.45, 7) is 0. The van der Waals surface area contributed by atoms with Crippen LogP contribution in [0.2, 0.25) is 0 Å². The van der Waals surface area contributed by atoms with Crippen molar-refractivity contribution in [3.63, 3.8) is 0 Å². The second-order valence-corrected chi connectivity index (χ2v) is 3.64. The number of nitrogens with one attached hydrogen (secondary N) is 1. The zero-order valence-electron chi connectivity index (χ0n) is 9.36. The van der Waals surface area contributed by atoms with Crippen molar-refractivity contribution in [2.24, 2.45) is 0 Å². The van der Waals surface area contributed by atoms with Crippen LogP contribution in [-0.4, -0.2) is 11.1 Å². The normalized spacial score (nSPS) is 11.3. The van der Waals surface area contributed by atoms with Crippen molar-refractivity contribution in [2.45, 2.75) is 6.18 Å². The lowest BCUT2D eigenvalue weighted by atomic mass is 10.1. The molecular weight excluding hydrogens is 263 g/mol. The van der Waals surface area contributed by atoms with E-state index in [1.165, 1.54) is 18.4 Å². The Hall–Kier alpha value is -2.51. The van der Waals surface area contributed by atoms with Gasteiger partial charge in [0, 0.05) is 17.4 Å². The Bertz CT molecular complexity index is 594. The summed E-state index contributed by atoms with van der Waals surface area (Å²) in [6, 6.07) is 4.38. The molecule has 0 aliphatic heterocycles. The van der Waals surface area contributed by atoms with Crippen LogP contribution in [0.15, 0.2) is 35.1 Å². The fourth-order valence-electron chi connectivity index (χ4n) is 1.40. The standard InChI is InChI=1S/C11H8F3N3O2/c12-11(13,14)7-5-6(1-2-8(7)15)16-10(18)9-3-4-19-17-9/h1-5H,15H2,(H,16,18). The number of anilines is 2. The number of carbonyl (C=O) groups excluding carboxylic acids is 1. The highest BCUT2D eigenvalue weighted by Gasteiger charge is 2.33. The Labute approximate surface area is 105 Å². The minimum atomic E-state index is -4.58. The van der Waals surface area contributed by atoms with Crippen molar-refractivity contribution in [3.8, 4) is 0 Å². The van der Waals surface area contributed by atoms with Gasteiger partial charge >= 0.3 is 6.18 Å². The fourth-order valence-corrected chi connectivity index (χ4v) is 1.40. The Morgan fingerprint density at radius 2 is 2.05 bits per heavy atom. The van der Waals surface area contributed by atoms with E-state index in [0.29, 0.717) is 0 Å². The second kappa shape index (κ2) is 4.63. The first-order valence-electron chi connectivity index (χ1n) is 5.06. The first-order chi connectivity index (χ1) is 8.88. The molecule has 0 spiro atoms. The summed E-state index contributed by atoms with van der Waals surface area (Å²) in [4.78, 5) is 11.6. The fraction of sp³-hybridized carbons (Fsp3) is 0.0909. The summed E-state index contributed by atoms with van der Waals surface area (Å²) in [5.74, 6) is -0.674. The van der Waals surface area contributed by atoms with Gasteiger partial charge in [-0.1, -0.05) is 5.16 Å². The van der Waals surface area contributed by atoms with Crippen molar-refractivity contribution in [1.82, 2.24) is 5.16 Å². The van der Waals surface area contributed by atoms with E-state index in [1.807, 2.05) is 0 Å². The summed E-state index contributed by atoms with van der Waals surface area (Å²) >= 11 is 0. The molecule has 0 unspecified atom stereocenters. The van der Waals surface area contributed by atoms with Crippen molar-refractivity contribution < 1.29 is 22.5 Å². The largest absolute Gasteiger partial charge is 0.418 e. The van der Waals surface area contributed by atoms with E-state index in [-0.39, 0.29) is 11.4 Å². The van der Waals surface area contributed by atoms with Gasteiger partial charge in [-0.2, -0.15) is 13.2 Å². The van der Waals surface area contributed by atoms with Crippen LogP contribution in [0, 0.1) is 0 Å². The van der Waals surface area contributed by atoms with Crippen LogP contribution < -0.4 is 11.1 Å². The summed E-state index contributed by atoms with van der Waals surface area (Å²) in [5, 5.41) is 5.63. The number of nitrogens with two attached hydrogens (primary N) is 1. The third kappa shape index (κ3) is 2.84. The zero-order chi connectivity index (χ0) is 14.0. The summed E-state index contributed by atoms with van der Waals surface area (Å²) in [6.07, 6.45) is -3.41. The van der Waals surface area contributed by atoms with Crippen LogP contribution in [-0.2, 0) is 6.18 Å². The van der Waals surface area contributed by atoms with Gasteiger partial charge in [0.1, 0.15) is 6.26 Å². The number of nitrogen functional groups attached to an aromatic ring is 1. The van der Waals surface area contributed by atoms with E-state index in [4.69, 9.17) is 5.73 Å². The van der Waals surface area contributed by atoms with Gasteiger partial charge in [0.15, 0.2) is 5.69 Å². The molecule has 0 aliphatic rings. The molecule has 1 amide bonds. The van der Waals surface area contributed by atoms with E-state index in [0.717, 1.165) is 12.1 Å². The van der Waals surface area contributed by atoms with Gasteiger partial charge in [-0.25, -0.2) is 0 Å². The quantitative estimate of drug-likeness (QED) is 0.822. The smallest absolute Gasteiger partial charge is 0.398 e. The number of hydrogen-bond acceptors (Lipinski definition) is 4. The Morgan fingerprint density at radius 3 is 2.63 bits per heavy atom. The van der Waals surface area contributed by atoms with Crippen molar-refractivity contribution in [1.29, 1.82) is 0 Å². The van der Waals surface area contributed by atoms with Crippen molar-refractivity contribution in [2.75, 3.05) is 11.1 Å². The molecule has 0 bridgehead atoms. The van der Waals surface area contributed by atoms with Gasteiger partial charge in [-0.3, -0.25) is 4.79 Å².